The zero-order chi connectivity index (χ0) is 13.0. The molecule has 5 nitrogen and oxygen atoms in total. The summed E-state index contributed by atoms with van der Waals surface area (Å²) in [7, 11) is 0. The average molecular weight is 249 g/mol. The molecule has 98 valence electrons. The van der Waals surface area contributed by atoms with Crippen molar-refractivity contribution in [3.05, 3.63) is 18.0 Å². The van der Waals surface area contributed by atoms with Gasteiger partial charge in [0, 0.05) is 31.4 Å². The van der Waals surface area contributed by atoms with Crippen LogP contribution in [0.1, 0.15) is 38.2 Å². The minimum Gasteiger partial charge on any atom is -0.481 e. The fraction of sp³-hybridized carbons (Fsp3) is 0.615. The van der Waals surface area contributed by atoms with Crippen molar-refractivity contribution in [1.29, 1.82) is 0 Å². The van der Waals surface area contributed by atoms with Gasteiger partial charge in [-0.15, -0.1) is 0 Å². The molecule has 1 unspecified atom stereocenters. The molecular formula is C13H19N3O2. The fourth-order valence-electron chi connectivity index (χ4n) is 2.37. The van der Waals surface area contributed by atoms with Gasteiger partial charge in [-0.1, -0.05) is 6.92 Å². The van der Waals surface area contributed by atoms with Crippen LogP contribution >= 0.6 is 0 Å². The smallest absolute Gasteiger partial charge is 0.303 e. The van der Waals surface area contributed by atoms with Crippen molar-refractivity contribution >= 4 is 11.9 Å². The van der Waals surface area contributed by atoms with Crippen LogP contribution in [0.2, 0.25) is 0 Å². The second kappa shape index (κ2) is 5.80. The lowest BCUT2D eigenvalue weighted by molar-refractivity contribution is -0.137. The second-order valence-electron chi connectivity index (χ2n) is 4.67. The van der Waals surface area contributed by atoms with E-state index in [-0.39, 0.29) is 12.5 Å². The number of nitrogens with zero attached hydrogens (tertiary/aromatic N) is 3. The zero-order valence-electron chi connectivity index (χ0n) is 10.7. The predicted octanol–water partition coefficient (Wildman–Crippen LogP) is 1.87. The highest BCUT2D eigenvalue weighted by atomic mass is 16.4. The van der Waals surface area contributed by atoms with Crippen LogP contribution in [0.15, 0.2) is 12.4 Å². The van der Waals surface area contributed by atoms with Crippen LogP contribution in [0.5, 0.6) is 0 Å². The number of carbonyl (C=O) groups is 1. The summed E-state index contributed by atoms with van der Waals surface area (Å²) in [5, 5.41) is 8.75. The lowest BCUT2D eigenvalue weighted by Gasteiger charge is -2.24. The average Bonchev–Trinajstić information content (AvgIpc) is 2.85. The van der Waals surface area contributed by atoms with E-state index in [0.717, 1.165) is 37.3 Å². The molecule has 5 heteroatoms. The van der Waals surface area contributed by atoms with Gasteiger partial charge in [0.05, 0.1) is 0 Å². The van der Waals surface area contributed by atoms with Crippen LogP contribution in [0.4, 0.5) is 5.95 Å². The Balaban J connectivity index is 2.03. The maximum atomic E-state index is 10.6. The van der Waals surface area contributed by atoms with Gasteiger partial charge in [0.2, 0.25) is 5.95 Å². The monoisotopic (exact) mass is 249 g/mol. The molecule has 2 rings (SSSR count). The number of hydrogen-bond acceptors (Lipinski definition) is 4. The lowest BCUT2D eigenvalue weighted by atomic mass is 10.1. The van der Waals surface area contributed by atoms with Crippen molar-refractivity contribution in [2.24, 2.45) is 0 Å². The normalized spacial score (nSPS) is 19.2. The first-order valence-corrected chi connectivity index (χ1v) is 6.50. The van der Waals surface area contributed by atoms with E-state index in [9.17, 15) is 4.79 Å². The number of rotatable bonds is 5. The molecule has 0 radical (unpaired) electrons. The van der Waals surface area contributed by atoms with Gasteiger partial charge >= 0.3 is 5.97 Å². The molecule has 2 heterocycles. The van der Waals surface area contributed by atoms with Crippen molar-refractivity contribution in [2.75, 3.05) is 11.4 Å². The Morgan fingerprint density at radius 2 is 2.22 bits per heavy atom. The van der Waals surface area contributed by atoms with Gasteiger partial charge in [-0.05, 0) is 31.2 Å². The maximum Gasteiger partial charge on any atom is 0.303 e. The van der Waals surface area contributed by atoms with Gasteiger partial charge in [-0.3, -0.25) is 4.79 Å². The van der Waals surface area contributed by atoms with Crippen LogP contribution < -0.4 is 4.90 Å². The standard InChI is InChI=1S/C13H19N3O2/c1-2-10-8-14-13(15-9-10)16-7-3-4-11(16)5-6-12(17)18/h8-9,11H,2-7H2,1H3,(H,17,18). The number of carboxylic acids is 1. The Morgan fingerprint density at radius 1 is 1.50 bits per heavy atom. The Bertz CT molecular complexity index is 405. The molecule has 1 N–H and O–H groups in total. The van der Waals surface area contributed by atoms with Crippen molar-refractivity contribution in [1.82, 2.24) is 9.97 Å². The molecular weight excluding hydrogens is 230 g/mol. The summed E-state index contributed by atoms with van der Waals surface area (Å²) in [5.41, 5.74) is 1.13. The largest absolute Gasteiger partial charge is 0.481 e. The summed E-state index contributed by atoms with van der Waals surface area (Å²) in [6, 6.07) is 0.272. The topological polar surface area (TPSA) is 66.3 Å². The van der Waals surface area contributed by atoms with Crippen LogP contribution in [-0.2, 0) is 11.2 Å². The highest BCUT2D eigenvalue weighted by molar-refractivity contribution is 5.66. The molecule has 0 spiro atoms. The zero-order valence-corrected chi connectivity index (χ0v) is 10.7. The Hall–Kier alpha value is -1.65. The first-order chi connectivity index (χ1) is 8.70. The van der Waals surface area contributed by atoms with E-state index in [1.807, 2.05) is 12.4 Å². The van der Waals surface area contributed by atoms with Crippen LogP contribution in [0.25, 0.3) is 0 Å². The van der Waals surface area contributed by atoms with Gasteiger partial charge in [-0.25, -0.2) is 9.97 Å². The van der Waals surface area contributed by atoms with E-state index >= 15 is 0 Å². The summed E-state index contributed by atoms with van der Waals surface area (Å²) in [6.07, 6.45) is 7.66. The lowest BCUT2D eigenvalue weighted by Crippen LogP contribution is -2.31. The van der Waals surface area contributed by atoms with Gasteiger partial charge in [0.1, 0.15) is 0 Å². The first kappa shape index (κ1) is 12.8. The molecule has 0 aliphatic carbocycles. The molecule has 1 atom stereocenters. The van der Waals surface area contributed by atoms with E-state index in [0.29, 0.717) is 6.42 Å². The third-order valence-electron chi connectivity index (χ3n) is 3.43. The van der Waals surface area contributed by atoms with Crippen molar-refractivity contribution in [2.45, 2.75) is 45.1 Å². The number of aromatic nitrogens is 2. The second-order valence-corrected chi connectivity index (χ2v) is 4.67. The highest BCUT2D eigenvalue weighted by Crippen LogP contribution is 2.25. The van der Waals surface area contributed by atoms with Gasteiger partial charge < -0.3 is 10.0 Å². The third kappa shape index (κ3) is 2.97. The molecule has 1 aromatic heterocycles. The molecule has 18 heavy (non-hydrogen) atoms. The van der Waals surface area contributed by atoms with Gasteiger partial charge in [-0.2, -0.15) is 0 Å². The number of aliphatic carboxylic acids is 1. The number of anilines is 1. The fourth-order valence-corrected chi connectivity index (χ4v) is 2.37. The molecule has 0 saturated carbocycles. The number of carboxylic acid groups (broad SMARTS) is 1. The quantitative estimate of drug-likeness (QED) is 0.863. The summed E-state index contributed by atoms with van der Waals surface area (Å²) < 4.78 is 0. The van der Waals surface area contributed by atoms with Crippen LogP contribution in [0, 0.1) is 0 Å². The van der Waals surface area contributed by atoms with E-state index in [2.05, 4.69) is 21.8 Å². The molecule has 0 bridgehead atoms. The maximum absolute atomic E-state index is 10.6. The molecule has 1 aliphatic rings. The van der Waals surface area contributed by atoms with E-state index in [1.54, 1.807) is 0 Å². The molecule has 1 fully saturated rings. The van der Waals surface area contributed by atoms with Crippen LogP contribution in [0.3, 0.4) is 0 Å². The summed E-state index contributed by atoms with van der Waals surface area (Å²) >= 11 is 0. The van der Waals surface area contributed by atoms with Gasteiger partial charge in [0.15, 0.2) is 0 Å². The molecule has 0 aromatic carbocycles. The first-order valence-electron chi connectivity index (χ1n) is 6.50. The Morgan fingerprint density at radius 3 is 2.83 bits per heavy atom. The molecule has 0 amide bonds. The van der Waals surface area contributed by atoms with E-state index < -0.39 is 5.97 Å². The predicted molar refractivity (Wildman–Crippen MR) is 68.6 cm³/mol. The molecule has 1 aromatic rings. The molecule has 1 saturated heterocycles. The Kier molecular flexibility index (Phi) is 4.12. The summed E-state index contributed by atoms with van der Waals surface area (Å²) in [5.74, 6) is 0.00388. The van der Waals surface area contributed by atoms with Crippen molar-refractivity contribution in [3.63, 3.8) is 0 Å². The SMILES string of the molecule is CCc1cnc(N2CCCC2CCC(=O)O)nc1. The highest BCUT2D eigenvalue weighted by Gasteiger charge is 2.26. The summed E-state index contributed by atoms with van der Waals surface area (Å²) in [6.45, 7) is 3.00. The van der Waals surface area contributed by atoms with E-state index in [1.165, 1.54) is 0 Å². The minimum atomic E-state index is -0.732. The van der Waals surface area contributed by atoms with Crippen molar-refractivity contribution < 1.29 is 9.90 Å². The van der Waals surface area contributed by atoms with Crippen molar-refractivity contribution in [3.8, 4) is 0 Å². The van der Waals surface area contributed by atoms with Crippen LogP contribution in [-0.4, -0.2) is 33.6 Å². The number of hydrogen-bond donors (Lipinski definition) is 1. The third-order valence-corrected chi connectivity index (χ3v) is 3.43. The molecule has 1 aliphatic heterocycles. The minimum absolute atomic E-state index is 0.216. The number of aryl methyl sites for hydroxylation is 1. The van der Waals surface area contributed by atoms with E-state index in [4.69, 9.17) is 5.11 Å². The van der Waals surface area contributed by atoms with Gasteiger partial charge in [0.25, 0.3) is 0 Å². The Labute approximate surface area is 107 Å². The summed E-state index contributed by atoms with van der Waals surface area (Å²) in [4.78, 5) is 21.5.